The topological polar surface area (TPSA) is 15.3 Å². The average molecular weight is 286 g/mol. The molecule has 2 rings (SSSR count). The van der Waals surface area contributed by atoms with Crippen molar-refractivity contribution in [3.8, 4) is 0 Å². The largest absolute Gasteiger partial charge is 0.416 e. The van der Waals surface area contributed by atoms with Crippen LogP contribution >= 0.6 is 0 Å². The molecule has 1 aromatic rings. The first-order chi connectivity index (χ1) is 9.49. The van der Waals surface area contributed by atoms with Crippen molar-refractivity contribution in [1.29, 1.82) is 0 Å². The molecule has 0 spiro atoms. The van der Waals surface area contributed by atoms with Gasteiger partial charge in [-0.2, -0.15) is 13.2 Å². The molecular formula is C15H21F3N2. The number of likely N-dealkylation sites (tertiary alicyclic amines) is 1. The van der Waals surface area contributed by atoms with Crippen LogP contribution in [-0.2, 0) is 12.7 Å². The van der Waals surface area contributed by atoms with Crippen LogP contribution in [0, 0.1) is 5.92 Å². The van der Waals surface area contributed by atoms with E-state index in [4.69, 9.17) is 0 Å². The van der Waals surface area contributed by atoms with E-state index in [9.17, 15) is 13.2 Å². The molecule has 1 aromatic carbocycles. The minimum Gasteiger partial charge on any atom is -0.317 e. The SMILES string of the molecule is CCNCC1CCN(Cc2ccc(C(F)(F)F)cc2)C1. The summed E-state index contributed by atoms with van der Waals surface area (Å²) in [7, 11) is 0. The lowest BCUT2D eigenvalue weighted by Crippen LogP contribution is -2.26. The zero-order chi connectivity index (χ0) is 14.6. The molecule has 0 amide bonds. The summed E-state index contributed by atoms with van der Waals surface area (Å²) in [6, 6.07) is 5.50. The summed E-state index contributed by atoms with van der Waals surface area (Å²) in [6.45, 7) is 6.89. The molecule has 1 aliphatic rings. The highest BCUT2D eigenvalue weighted by Crippen LogP contribution is 2.29. The highest BCUT2D eigenvalue weighted by atomic mass is 19.4. The standard InChI is InChI=1S/C15H21F3N2/c1-2-19-9-13-7-8-20(11-13)10-12-3-5-14(6-4-12)15(16,17)18/h3-6,13,19H,2,7-11H2,1H3. The first kappa shape index (κ1) is 15.3. The second kappa shape index (κ2) is 6.59. The lowest BCUT2D eigenvalue weighted by molar-refractivity contribution is -0.137. The van der Waals surface area contributed by atoms with Crippen molar-refractivity contribution in [3.05, 3.63) is 35.4 Å². The molecule has 20 heavy (non-hydrogen) atoms. The summed E-state index contributed by atoms with van der Waals surface area (Å²) >= 11 is 0. The van der Waals surface area contributed by atoms with E-state index < -0.39 is 11.7 Å². The zero-order valence-corrected chi connectivity index (χ0v) is 11.7. The molecule has 1 aliphatic heterocycles. The van der Waals surface area contributed by atoms with Crippen molar-refractivity contribution in [1.82, 2.24) is 10.2 Å². The molecule has 5 heteroatoms. The Morgan fingerprint density at radius 1 is 1.25 bits per heavy atom. The summed E-state index contributed by atoms with van der Waals surface area (Å²) in [6.07, 6.45) is -3.09. The van der Waals surface area contributed by atoms with Crippen LogP contribution in [0.2, 0.25) is 0 Å². The predicted molar refractivity (Wildman–Crippen MR) is 73.4 cm³/mol. The molecule has 112 valence electrons. The van der Waals surface area contributed by atoms with Crippen LogP contribution in [0.25, 0.3) is 0 Å². The van der Waals surface area contributed by atoms with Crippen molar-refractivity contribution >= 4 is 0 Å². The van der Waals surface area contributed by atoms with Crippen molar-refractivity contribution in [3.63, 3.8) is 0 Å². The van der Waals surface area contributed by atoms with Gasteiger partial charge in [0.15, 0.2) is 0 Å². The van der Waals surface area contributed by atoms with Crippen LogP contribution in [0.1, 0.15) is 24.5 Å². The molecule has 1 saturated heterocycles. The molecule has 0 saturated carbocycles. The van der Waals surface area contributed by atoms with E-state index in [0.29, 0.717) is 5.92 Å². The Morgan fingerprint density at radius 2 is 1.95 bits per heavy atom. The maximum Gasteiger partial charge on any atom is 0.416 e. The number of alkyl halides is 3. The third kappa shape index (κ3) is 4.21. The lowest BCUT2D eigenvalue weighted by atomic mass is 10.1. The molecule has 1 atom stereocenters. The minimum atomic E-state index is -4.25. The Labute approximate surface area is 118 Å². The molecule has 0 aliphatic carbocycles. The molecule has 0 bridgehead atoms. The Kier molecular flexibility index (Phi) is 5.05. The average Bonchev–Trinajstić information content (AvgIpc) is 2.83. The van der Waals surface area contributed by atoms with Crippen molar-refractivity contribution in [2.45, 2.75) is 26.1 Å². The maximum absolute atomic E-state index is 12.5. The fourth-order valence-corrected chi connectivity index (χ4v) is 2.63. The summed E-state index contributed by atoms with van der Waals surface area (Å²) < 4.78 is 37.4. The van der Waals surface area contributed by atoms with Crippen molar-refractivity contribution in [2.24, 2.45) is 5.92 Å². The van der Waals surface area contributed by atoms with Crippen LogP contribution < -0.4 is 5.32 Å². The van der Waals surface area contributed by atoms with E-state index in [0.717, 1.165) is 44.7 Å². The molecule has 2 nitrogen and oxygen atoms in total. The quantitative estimate of drug-likeness (QED) is 0.894. The number of halogens is 3. The first-order valence-corrected chi connectivity index (χ1v) is 7.08. The number of benzene rings is 1. The van der Waals surface area contributed by atoms with Gasteiger partial charge < -0.3 is 5.32 Å². The fourth-order valence-electron chi connectivity index (χ4n) is 2.63. The highest BCUT2D eigenvalue weighted by molar-refractivity contribution is 5.24. The predicted octanol–water partition coefficient (Wildman–Crippen LogP) is 3.14. The monoisotopic (exact) mass is 286 g/mol. The zero-order valence-electron chi connectivity index (χ0n) is 11.7. The van der Waals surface area contributed by atoms with E-state index >= 15 is 0 Å². The number of hydrogen-bond donors (Lipinski definition) is 1. The lowest BCUT2D eigenvalue weighted by Gasteiger charge is -2.16. The van der Waals surface area contributed by atoms with Gasteiger partial charge in [-0.1, -0.05) is 19.1 Å². The van der Waals surface area contributed by atoms with Gasteiger partial charge in [-0.25, -0.2) is 0 Å². The Balaban J connectivity index is 1.85. The van der Waals surface area contributed by atoms with Gasteiger partial charge in [0, 0.05) is 13.1 Å². The molecule has 1 heterocycles. The van der Waals surface area contributed by atoms with Gasteiger partial charge in [0.05, 0.1) is 5.56 Å². The molecule has 1 fully saturated rings. The van der Waals surface area contributed by atoms with Crippen LogP contribution in [0.3, 0.4) is 0 Å². The highest BCUT2D eigenvalue weighted by Gasteiger charge is 2.30. The summed E-state index contributed by atoms with van der Waals surface area (Å²) in [4.78, 5) is 2.31. The number of nitrogens with zero attached hydrogens (tertiary/aromatic N) is 1. The van der Waals surface area contributed by atoms with Gasteiger partial charge in [-0.15, -0.1) is 0 Å². The molecule has 1 unspecified atom stereocenters. The Bertz CT molecular complexity index is 414. The van der Waals surface area contributed by atoms with Gasteiger partial charge >= 0.3 is 6.18 Å². The molecular weight excluding hydrogens is 265 g/mol. The van der Waals surface area contributed by atoms with Crippen molar-refractivity contribution < 1.29 is 13.2 Å². The molecule has 1 N–H and O–H groups in total. The molecule has 0 radical (unpaired) electrons. The smallest absolute Gasteiger partial charge is 0.317 e. The van der Waals surface area contributed by atoms with Gasteiger partial charge in [0.25, 0.3) is 0 Å². The van der Waals surface area contributed by atoms with E-state index in [2.05, 4.69) is 17.1 Å². The van der Waals surface area contributed by atoms with E-state index in [1.165, 1.54) is 12.1 Å². The van der Waals surface area contributed by atoms with Gasteiger partial charge in [-0.05, 0) is 49.7 Å². The van der Waals surface area contributed by atoms with Crippen molar-refractivity contribution in [2.75, 3.05) is 26.2 Å². The van der Waals surface area contributed by atoms with E-state index in [1.54, 1.807) is 12.1 Å². The number of nitrogens with one attached hydrogen (secondary N) is 1. The fraction of sp³-hybridized carbons (Fsp3) is 0.600. The van der Waals surface area contributed by atoms with E-state index in [-0.39, 0.29) is 0 Å². The summed E-state index contributed by atoms with van der Waals surface area (Å²) in [5.41, 5.74) is 0.370. The maximum atomic E-state index is 12.5. The third-order valence-electron chi connectivity index (χ3n) is 3.74. The van der Waals surface area contributed by atoms with Crippen LogP contribution in [0.15, 0.2) is 24.3 Å². The second-order valence-electron chi connectivity index (χ2n) is 5.39. The molecule has 0 aromatic heterocycles. The third-order valence-corrected chi connectivity index (χ3v) is 3.74. The summed E-state index contributed by atoms with van der Waals surface area (Å²) in [5.74, 6) is 0.657. The first-order valence-electron chi connectivity index (χ1n) is 7.08. The second-order valence-corrected chi connectivity index (χ2v) is 5.39. The number of rotatable bonds is 5. The summed E-state index contributed by atoms with van der Waals surface area (Å²) in [5, 5.41) is 3.35. The minimum absolute atomic E-state index is 0.576. The number of hydrogen-bond acceptors (Lipinski definition) is 2. The van der Waals surface area contributed by atoms with Gasteiger partial charge in [0.2, 0.25) is 0 Å². The van der Waals surface area contributed by atoms with Gasteiger partial charge in [0.1, 0.15) is 0 Å². The van der Waals surface area contributed by atoms with Crippen LogP contribution in [0.5, 0.6) is 0 Å². The van der Waals surface area contributed by atoms with E-state index in [1.807, 2.05) is 0 Å². The Morgan fingerprint density at radius 3 is 2.55 bits per heavy atom. The Hall–Kier alpha value is -1.07. The normalized spacial score (nSPS) is 20.5. The van der Waals surface area contributed by atoms with Crippen LogP contribution in [0.4, 0.5) is 13.2 Å². The van der Waals surface area contributed by atoms with Gasteiger partial charge in [-0.3, -0.25) is 4.90 Å². The van der Waals surface area contributed by atoms with Crippen LogP contribution in [-0.4, -0.2) is 31.1 Å².